The second kappa shape index (κ2) is 32.7. The Morgan fingerprint density at radius 1 is 0.535 bits per heavy atom. The maximum Gasteiger partial charge on any atom is 0.129 e. The first-order valence-electron chi connectivity index (χ1n) is 32.0. The number of aryl methyl sites for hydroxylation is 2. The van der Waals surface area contributed by atoms with Gasteiger partial charge in [-0.3, -0.25) is 29.6 Å². The van der Waals surface area contributed by atoms with Crippen LogP contribution in [0.3, 0.4) is 0 Å². The highest BCUT2D eigenvalue weighted by molar-refractivity contribution is 9.10. The van der Waals surface area contributed by atoms with Crippen LogP contribution >= 0.6 is 15.9 Å². The molecule has 1 N–H and O–H groups in total. The van der Waals surface area contributed by atoms with E-state index in [2.05, 4.69) is 171 Å². The largest absolute Gasteiger partial charge is 0.367 e. The molecule has 0 bridgehead atoms. The molecule has 4 aromatic heterocycles. The summed E-state index contributed by atoms with van der Waals surface area (Å²) in [6.07, 6.45) is 16.3. The predicted octanol–water partition coefficient (Wildman–Crippen LogP) is 15.9. The zero-order chi connectivity index (χ0) is 58.8. The molecule has 86 heavy (non-hydrogen) atoms. The number of hydrogen-bond acceptors (Lipinski definition) is 12. The number of pyridine rings is 2. The Hall–Kier alpha value is -3.89. The average Bonchev–Trinajstić information content (AvgIpc) is 1.80. The highest BCUT2D eigenvalue weighted by atomic mass is 79.9. The number of benzene rings is 2. The SMILES string of the molecule is C.C.C.C1CN(C2CC2)CCN1.CC.Cc1cccnc1[C@@H]1CCC[C@H](c2nc3cccc(Br)c3n2COCC[Si](C)(C)C)N1C.Cc1cccnc1[C@@H]1CCC[C@H](c2nc3cccc(N4CCN(C5CC5)CC4)c3n2COCC[Si](C)(C)C)N1C. The molecule has 12 rings (SSSR count). The van der Waals surface area contributed by atoms with Crippen molar-refractivity contribution in [1.29, 1.82) is 0 Å². The summed E-state index contributed by atoms with van der Waals surface area (Å²) in [5.74, 6) is 2.24. The fraction of sp³-hybridized carbons (Fsp3) is 0.652. The van der Waals surface area contributed by atoms with E-state index in [9.17, 15) is 0 Å². The molecular weight excluding hydrogens is 1160 g/mol. The van der Waals surface area contributed by atoms with Crippen LogP contribution in [0.25, 0.3) is 22.1 Å². The van der Waals surface area contributed by atoms with E-state index >= 15 is 0 Å². The number of para-hydroxylation sites is 2. The maximum atomic E-state index is 6.46. The molecule has 6 aliphatic rings. The van der Waals surface area contributed by atoms with Crippen LogP contribution in [0, 0.1) is 13.8 Å². The zero-order valence-corrected chi connectivity index (χ0v) is 56.6. The minimum absolute atomic E-state index is 0. The number of hydrogen-bond donors (Lipinski definition) is 1. The van der Waals surface area contributed by atoms with Gasteiger partial charge >= 0.3 is 0 Å². The topological polar surface area (TPSA) is 108 Å². The first kappa shape index (κ1) is 71.2. The van der Waals surface area contributed by atoms with Crippen LogP contribution in [0.5, 0.6) is 0 Å². The molecule has 14 nitrogen and oxygen atoms in total. The molecule has 4 saturated heterocycles. The number of rotatable bonds is 17. The van der Waals surface area contributed by atoms with Crippen molar-refractivity contribution in [3.8, 4) is 0 Å². The van der Waals surface area contributed by atoms with Crippen molar-refractivity contribution < 1.29 is 9.47 Å². The van der Waals surface area contributed by atoms with Crippen molar-refractivity contribution in [2.45, 2.75) is 215 Å². The minimum atomic E-state index is -1.17. The smallest absolute Gasteiger partial charge is 0.129 e. The maximum absolute atomic E-state index is 6.46. The first-order chi connectivity index (χ1) is 40.0. The summed E-state index contributed by atoms with van der Waals surface area (Å²) in [7, 11) is 2.21. The summed E-state index contributed by atoms with van der Waals surface area (Å²) in [4.78, 5) is 33.0. The quantitative estimate of drug-likeness (QED) is 0.0694. The lowest BCUT2D eigenvalue weighted by Crippen LogP contribution is -2.47. The van der Waals surface area contributed by atoms with Gasteiger partial charge in [0.15, 0.2) is 0 Å². The van der Waals surface area contributed by atoms with Gasteiger partial charge in [-0.2, -0.15) is 0 Å². The average molecular weight is 1280 g/mol. The lowest BCUT2D eigenvalue weighted by molar-refractivity contribution is 0.0699. The summed E-state index contributed by atoms with van der Waals surface area (Å²) in [6.45, 7) is 35.0. The predicted molar refractivity (Wildman–Crippen MR) is 373 cm³/mol. The minimum Gasteiger partial charge on any atom is -0.367 e. The number of anilines is 1. The van der Waals surface area contributed by atoms with Crippen molar-refractivity contribution in [2.75, 3.05) is 84.6 Å². The molecule has 478 valence electrons. The lowest BCUT2D eigenvalue weighted by Gasteiger charge is -2.39. The Morgan fingerprint density at radius 2 is 0.965 bits per heavy atom. The third-order valence-corrected chi connectivity index (χ3v) is 22.1. The van der Waals surface area contributed by atoms with E-state index in [-0.39, 0.29) is 34.4 Å². The standard InChI is InChI=1S/C32H48N6OSi.C25H35BrN4OSi.C7H14N2.C2H6.3CH4/c1-24-9-8-16-33-30(24)27-11-7-13-29(35(27)2)32-34-26-10-6-12-28(37-19-17-36(18-20-37)25-14-15-25)31(26)38(32)23-39-21-22-40(3,4)5;1-18-9-8-14-27-23(18)21-12-7-13-22(29(21)2)25-28-20-11-6-10-19(26)24(20)30(25)17-31-15-16-32(3,4)5;1-2-7(1)9-5-3-8-4-6-9;1-2;;;/h6,8-10,12,16,25,27,29H,7,11,13-15,17-23H2,1-5H3;6,8-11,14,21-22H,7,12-13,15-17H2,1-5H3;7-8H,1-6H2;1-2H3;3*1H4/t27-,29+;21-,22+;;;;;/m00...../s1. The Kier molecular flexibility index (Phi) is 27.1. The molecule has 0 radical (unpaired) electrons. The third-order valence-electron chi connectivity index (χ3n) is 18.1. The zero-order valence-electron chi connectivity index (χ0n) is 53.0. The van der Waals surface area contributed by atoms with Crippen molar-refractivity contribution in [3.63, 3.8) is 0 Å². The second-order valence-corrected chi connectivity index (χ2v) is 38.8. The normalized spacial score (nSPS) is 21.6. The van der Waals surface area contributed by atoms with Gasteiger partial charge in [0.25, 0.3) is 0 Å². The van der Waals surface area contributed by atoms with Crippen LogP contribution in [-0.4, -0.2) is 157 Å². The van der Waals surface area contributed by atoms with Crippen molar-refractivity contribution in [1.82, 2.24) is 54.0 Å². The fourth-order valence-corrected chi connectivity index (χ4v) is 15.0. The highest BCUT2D eigenvalue weighted by Gasteiger charge is 2.38. The highest BCUT2D eigenvalue weighted by Crippen LogP contribution is 2.44. The summed E-state index contributed by atoms with van der Waals surface area (Å²) in [5, 5.41) is 3.36. The van der Waals surface area contributed by atoms with E-state index in [1.54, 1.807) is 0 Å². The van der Waals surface area contributed by atoms with Gasteiger partial charge in [-0.1, -0.05) is 99.7 Å². The summed E-state index contributed by atoms with van der Waals surface area (Å²) in [5.41, 5.74) is 10.7. The molecule has 0 spiro atoms. The number of nitrogens with one attached hydrogen (secondary N) is 1. The van der Waals surface area contributed by atoms with Crippen LogP contribution < -0.4 is 10.2 Å². The molecule has 17 heteroatoms. The number of imidazole rings is 2. The number of piperidine rings is 2. The molecule has 0 amide bonds. The third kappa shape index (κ3) is 18.2. The van der Waals surface area contributed by atoms with Gasteiger partial charge in [-0.15, -0.1) is 0 Å². The van der Waals surface area contributed by atoms with E-state index < -0.39 is 16.1 Å². The molecule has 4 atom stereocenters. The van der Waals surface area contributed by atoms with Gasteiger partial charge in [0, 0.05) is 111 Å². The number of nitrogens with zero attached hydrogens (tertiary/aromatic N) is 11. The van der Waals surface area contributed by atoms with Gasteiger partial charge in [-0.05, 0) is 168 Å². The molecule has 6 fully saturated rings. The molecule has 2 aliphatic carbocycles. The van der Waals surface area contributed by atoms with Crippen molar-refractivity contribution in [3.05, 3.63) is 112 Å². The summed E-state index contributed by atoms with van der Waals surface area (Å²) in [6, 6.07) is 26.6. The van der Waals surface area contributed by atoms with Gasteiger partial charge in [0.1, 0.15) is 25.1 Å². The van der Waals surface area contributed by atoms with Crippen LogP contribution in [0.15, 0.2) is 77.5 Å². The van der Waals surface area contributed by atoms with E-state index in [0.29, 0.717) is 25.5 Å². The van der Waals surface area contributed by atoms with E-state index in [1.165, 1.54) is 104 Å². The second-order valence-electron chi connectivity index (χ2n) is 26.7. The molecule has 0 unspecified atom stereocenters. The van der Waals surface area contributed by atoms with E-state index in [0.717, 1.165) is 116 Å². The molecule has 4 aliphatic heterocycles. The number of likely N-dealkylation sites (tertiary alicyclic amines) is 2. The Morgan fingerprint density at radius 3 is 1.42 bits per heavy atom. The summed E-state index contributed by atoms with van der Waals surface area (Å²) >= 11 is 3.77. The number of piperazine rings is 2. The van der Waals surface area contributed by atoms with Crippen LogP contribution in [0.4, 0.5) is 5.69 Å². The molecule has 6 aromatic rings. The molecular formula is C69H115BrN12O2Si2. The number of halogens is 1. The van der Waals surface area contributed by atoms with Gasteiger partial charge in [0.2, 0.25) is 0 Å². The Labute approximate surface area is 531 Å². The van der Waals surface area contributed by atoms with Crippen LogP contribution in [-0.2, 0) is 22.9 Å². The van der Waals surface area contributed by atoms with E-state index in [1.807, 2.05) is 38.4 Å². The van der Waals surface area contributed by atoms with Gasteiger partial charge in [0.05, 0.1) is 63.3 Å². The first-order valence-corrected chi connectivity index (χ1v) is 40.2. The number of aromatic nitrogens is 6. The molecule has 2 aromatic carbocycles. The Bertz CT molecular complexity index is 2990. The van der Waals surface area contributed by atoms with Gasteiger partial charge < -0.3 is 28.8 Å². The lowest BCUT2D eigenvalue weighted by atomic mass is 9.92. The monoisotopic (exact) mass is 1280 g/mol. The number of ether oxygens (including phenoxy) is 2. The van der Waals surface area contributed by atoms with E-state index in [4.69, 9.17) is 29.4 Å². The van der Waals surface area contributed by atoms with Crippen molar-refractivity contribution in [2.24, 2.45) is 0 Å². The number of fused-ring (bicyclic) bond motifs is 2. The van der Waals surface area contributed by atoms with Crippen LogP contribution in [0.2, 0.25) is 51.4 Å². The van der Waals surface area contributed by atoms with Crippen LogP contribution in [0.1, 0.15) is 159 Å². The van der Waals surface area contributed by atoms with Gasteiger partial charge in [-0.25, -0.2) is 9.97 Å². The summed E-state index contributed by atoms with van der Waals surface area (Å²) < 4.78 is 18.5. The fourth-order valence-electron chi connectivity index (χ4n) is 12.9. The van der Waals surface area contributed by atoms with Crippen molar-refractivity contribution >= 4 is 59.8 Å². The molecule has 8 heterocycles. The molecule has 2 saturated carbocycles. The Balaban J connectivity index is 0.000000230.